The maximum absolute atomic E-state index is 12.4. The second-order valence-electron chi connectivity index (χ2n) is 4.71. The summed E-state index contributed by atoms with van der Waals surface area (Å²) in [7, 11) is 0. The summed E-state index contributed by atoms with van der Waals surface area (Å²) in [6.45, 7) is 2.51. The van der Waals surface area contributed by atoms with Gasteiger partial charge in [0.05, 0.1) is 25.7 Å². The molecule has 0 saturated carbocycles. The highest BCUT2D eigenvalue weighted by atomic mass is 16.5. The third kappa shape index (κ3) is 3.05. The second kappa shape index (κ2) is 5.87. The third-order valence-electron chi connectivity index (χ3n) is 3.18. The number of hydrogen-bond donors (Lipinski definition) is 2. The number of amides is 1. The number of H-pyrrole nitrogens is 1. The molecule has 0 spiro atoms. The molecular weight excluding hydrogens is 264 g/mol. The van der Waals surface area contributed by atoms with Crippen LogP contribution in [-0.2, 0) is 9.53 Å². The molecule has 2 heterocycles. The van der Waals surface area contributed by atoms with E-state index in [0.717, 1.165) is 0 Å². The SMILES string of the molecule is Cc1ccc(C(=O)N2CCOCC2CC(=O)O)c(=O)[nH]1. The highest BCUT2D eigenvalue weighted by molar-refractivity contribution is 5.94. The van der Waals surface area contributed by atoms with E-state index in [1.807, 2.05) is 0 Å². The number of aromatic nitrogens is 1. The fourth-order valence-electron chi connectivity index (χ4n) is 2.19. The van der Waals surface area contributed by atoms with Crippen molar-refractivity contribution in [3.63, 3.8) is 0 Å². The van der Waals surface area contributed by atoms with Crippen molar-refractivity contribution >= 4 is 11.9 Å². The van der Waals surface area contributed by atoms with Gasteiger partial charge in [-0.2, -0.15) is 0 Å². The number of aromatic amines is 1. The number of aryl methyl sites for hydroxylation is 1. The summed E-state index contributed by atoms with van der Waals surface area (Å²) in [6.07, 6.45) is -0.199. The third-order valence-corrected chi connectivity index (χ3v) is 3.18. The lowest BCUT2D eigenvalue weighted by Crippen LogP contribution is -2.50. The van der Waals surface area contributed by atoms with Crippen LogP contribution in [-0.4, -0.2) is 52.7 Å². The van der Waals surface area contributed by atoms with Crippen LogP contribution in [0.2, 0.25) is 0 Å². The van der Waals surface area contributed by atoms with E-state index in [1.54, 1.807) is 13.0 Å². The van der Waals surface area contributed by atoms with E-state index in [-0.39, 0.29) is 25.1 Å². The number of morpholine rings is 1. The first kappa shape index (κ1) is 14.3. The van der Waals surface area contributed by atoms with Crippen molar-refractivity contribution in [1.29, 1.82) is 0 Å². The molecule has 108 valence electrons. The zero-order chi connectivity index (χ0) is 14.7. The van der Waals surface area contributed by atoms with Crippen molar-refractivity contribution in [3.05, 3.63) is 33.7 Å². The average Bonchev–Trinajstić information content (AvgIpc) is 2.38. The molecule has 20 heavy (non-hydrogen) atoms. The van der Waals surface area contributed by atoms with E-state index >= 15 is 0 Å². The summed E-state index contributed by atoms with van der Waals surface area (Å²) >= 11 is 0. The highest BCUT2D eigenvalue weighted by Gasteiger charge is 2.30. The van der Waals surface area contributed by atoms with Gasteiger partial charge >= 0.3 is 5.97 Å². The van der Waals surface area contributed by atoms with E-state index < -0.39 is 23.5 Å². The molecule has 1 aliphatic heterocycles. The van der Waals surface area contributed by atoms with Crippen LogP contribution in [0.1, 0.15) is 22.5 Å². The van der Waals surface area contributed by atoms with Crippen LogP contribution in [0, 0.1) is 6.92 Å². The molecular formula is C13H16N2O5. The Morgan fingerprint density at radius 3 is 2.90 bits per heavy atom. The quantitative estimate of drug-likeness (QED) is 0.811. The number of carboxylic acids is 1. The summed E-state index contributed by atoms with van der Waals surface area (Å²) < 4.78 is 5.21. The monoisotopic (exact) mass is 280 g/mol. The summed E-state index contributed by atoms with van der Waals surface area (Å²) in [5, 5.41) is 8.87. The van der Waals surface area contributed by atoms with Crippen LogP contribution in [0.4, 0.5) is 0 Å². The highest BCUT2D eigenvalue weighted by Crippen LogP contribution is 2.13. The summed E-state index contributed by atoms with van der Waals surface area (Å²) in [5.74, 6) is -1.46. The van der Waals surface area contributed by atoms with Crippen molar-refractivity contribution in [2.45, 2.75) is 19.4 Å². The van der Waals surface area contributed by atoms with Gasteiger partial charge in [0, 0.05) is 12.2 Å². The van der Waals surface area contributed by atoms with Crippen LogP contribution in [0.25, 0.3) is 0 Å². The maximum Gasteiger partial charge on any atom is 0.305 e. The normalized spacial score (nSPS) is 18.9. The first-order chi connectivity index (χ1) is 9.49. The van der Waals surface area contributed by atoms with Gasteiger partial charge in [0.1, 0.15) is 5.56 Å². The van der Waals surface area contributed by atoms with Crippen molar-refractivity contribution < 1.29 is 19.4 Å². The molecule has 1 unspecified atom stereocenters. The van der Waals surface area contributed by atoms with E-state index in [9.17, 15) is 14.4 Å². The van der Waals surface area contributed by atoms with Gasteiger partial charge < -0.3 is 19.7 Å². The van der Waals surface area contributed by atoms with Crippen LogP contribution in [0.3, 0.4) is 0 Å². The number of carbonyl (C=O) groups excluding carboxylic acids is 1. The Kier molecular flexibility index (Phi) is 4.19. The number of nitrogens with zero attached hydrogens (tertiary/aromatic N) is 1. The molecule has 0 aliphatic carbocycles. The van der Waals surface area contributed by atoms with Gasteiger partial charge in [0.15, 0.2) is 0 Å². The van der Waals surface area contributed by atoms with Crippen molar-refractivity contribution in [3.8, 4) is 0 Å². The number of nitrogens with one attached hydrogen (secondary N) is 1. The van der Waals surface area contributed by atoms with Crippen LogP contribution in [0.15, 0.2) is 16.9 Å². The predicted octanol–water partition coefficient (Wildman–Crippen LogP) is -0.000980. The fraction of sp³-hybridized carbons (Fsp3) is 0.462. The number of rotatable bonds is 3. The van der Waals surface area contributed by atoms with Crippen LogP contribution >= 0.6 is 0 Å². The largest absolute Gasteiger partial charge is 0.481 e. The first-order valence-electron chi connectivity index (χ1n) is 6.29. The van der Waals surface area contributed by atoms with Crippen molar-refractivity contribution in [2.75, 3.05) is 19.8 Å². The van der Waals surface area contributed by atoms with Gasteiger partial charge in [-0.3, -0.25) is 14.4 Å². The minimum atomic E-state index is -1.00. The molecule has 0 aromatic carbocycles. The Morgan fingerprint density at radius 2 is 2.25 bits per heavy atom. The first-order valence-corrected chi connectivity index (χ1v) is 6.29. The maximum atomic E-state index is 12.4. The Bertz CT molecular complexity index is 580. The Hall–Kier alpha value is -2.15. The molecule has 7 nitrogen and oxygen atoms in total. The van der Waals surface area contributed by atoms with Gasteiger partial charge in [-0.25, -0.2) is 0 Å². The number of carbonyl (C=O) groups is 2. The molecule has 1 atom stereocenters. The lowest BCUT2D eigenvalue weighted by Gasteiger charge is -2.34. The van der Waals surface area contributed by atoms with Gasteiger partial charge in [-0.1, -0.05) is 0 Å². The van der Waals surface area contributed by atoms with E-state index in [2.05, 4.69) is 4.98 Å². The number of pyridine rings is 1. The second-order valence-corrected chi connectivity index (χ2v) is 4.71. The Morgan fingerprint density at radius 1 is 1.50 bits per heavy atom. The molecule has 1 fully saturated rings. The molecule has 1 amide bonds. The standard InChI is InChI=1S/C13H16N2O5/c1-8-2-3-10(12(18)14-8)13(19)15-4-5-20-7-9(15)6-11(16)17/h2-3,9H,4-7H2,1H3,(H,14,18)(H,16,17). The summed E-state index contributed by atoms with van der Waals surface area (Å²) in [6, 6.07) is 2.56. The molecule has 1 aromatic heterocycles. The molecule has 2 rings (SSSR count). The fourth-order valence-corrected chi connectivity index (χ4v) is 2.19. The molecule has 1 saturated heterocycles. The van der Waals surface area contributed by atoms with Gasteiger partial charge in [-0.15, -0.1) is 0 Å². The minimum absolute atomic E-state index is 0.0212. The zero-order valence-electron chi connectivity index (χ0n) is 11.1. The van der Waals surface area contributed by atoms with Crippen LogP contribution in [0.5, 0.6) is 0 Å². The zero-order valence-corrected chi connectivity index (χ0v) is 11.1. The smallest absolute Gasteiger partial charge is 0.305 e. The van der Waals surface area contributed by atoms with E-state index in [4.69, 9.17) is 9.84 Å². The van der Waals surface area contributed by atoms with E-state index in [1.165, 1.54) is 11.0 Å². The number of hydrogen-bond acceptors (Lipinski definition) is 4. The summed E-state index contributed by atoms with van der Waals surface area (Å²) in [5.41, 5.74) is 0.221. The molecule has 0 bridgehead atoms. The topological polar surface area (TPSA) is 99.7 Å². The predicted molar refractivity (Wildman–Crippen MR) is 69.7 cm³/mol. The lowest BCUT2D eigenvalue weighted by atomic mass is 10.1. The molecule has 1 aliphatic rings. The van der Waals surface area contributed by atoms with Gasteiger partial charge in [0.2, 0.25) is 0 Å². The average molecular weight is 280 g/mol. The molecule has 7 heteroatoms. The number of aliphatic carboxylic acids is 1. The molecule has 1 aromatic rings. The lowest BCUT2D eigenvalue weighted by molar-refractivity contribution is -0.139. The number of carboxylic acid groups (broad SMARTS) is 1. The Labute approximate surface area is 115 Å². The van der Waals surface area contributed by atoms with Crippen molar-refractivity contribution in [2.24, 2.45) is 0 Å². The molecule has 0 radical (unpaired) electrons. The summed E-state index contributed by atoms with van der Waals surface area (Å²) in [4.78, 5) is 39.0. The molecule has 2 N–H and O–H groups in total. The Balaban J connectivity index is 2.25. The van der Waals surface area contributed by atoms with Gasteiger partial charge in [0.25, 0.3) is 11.5 Å². The van der Waals surface area contributed by atoms with Gasteiger partial charge in [-0.05, 0) is 19.1 Å². The van der Waals surface area contributed by atoms with E-state index in [0.29, 0.717) is 12.3 Å². The van der Waals surface area contributed by atoms with Crippen molar-refractivity contribution in [1.82, 2.24) is 9.88 Å². The van der Waals surface area contributed by atoms with Crippen LogP contribution < -0.4 is 5.56 Å². The number of ether oxygens (including phenoxy) is 1. The minimum Gasteiger partial charge on any atom is -0.481 e.